The van der Waals surface area contributed by atoms with Crippen LogP contribution in [0.25, 0.3) is 0 Å². The SMILES string of the molecule is Cc1c(N)cc(Br)cc1C(=O)NC1CCOC(C)(C)C1. The van der Waals surface area contributed by atoms with E-state index in [0.29, 0.717) is 17.9 Å². The van der Waals surface area contributed by atoms with Crippen LogP contribution >= 0.6 is 15.9 Å². The molecule has 0 aromatic heterocycles. The van der Waals surface area contributed by atoms with Gasteiger partial charge in [-0.3, -0.25) is 4.79 Å². The quantitative estimate of drug-likeness (QED) is 0.813. The molecule has 110 valence electrons. The van der Waals surface area contributed by atoms with E-state index in [1.165, 1.54) is 0 Å². The Labute approximate surface area is 128 Å². The van der Waals surface area contributed by atoms with E-state index in [1.54, 1.807) is 0 Å². The Kier molecular flexibility index (Phi) is 4.39. The third-order valence-electron chi connectivity index (χ3n) is 3.69. The predicted octanol–water partition coefficient (Wildman–Crippen LogP) is 3.03. The van der Waals surface area contributed by atoms with Gasteiger partial charge in [0.05, 0.1) is 5.60 Å². The Balaban J connectivity index is 2.13. The van der Waals surface area contributed by atoms with Crippen LogP contribution in [0.4, 0.5) is 5.69 Å². The molecule has 0 radical (unpaired) electrons. The summed E-state index contributed by atoms with van der Waals surface area (Å²) in [5, 5.41) is 3.09. The number of carbonyl (C=O) groups is 1. The lowest BCUT2D eigenvalue weighted by atomic mass is 9.93. The van der Waals surface area contributed by atoms with Crippen molar-refractivity contribution in [2.45, 2.75) is 45.3 Å². The van der Waals surface area contributed by atoms with Crippen molar-refractivity contribution in [2.75, 3.05) is 12.3 Å². The average molecular weight is 341 g/mol. The number of halogens is 1. The van der Waals surface area contributed by atoms with E-state index in [0.717, 1.165) is 22.9 Å². The van der Waals surface area contributed by atoms with Crippen molar-refractivity contribution in [3.05, 3.63) is 27.7 Å². The van der Waals surface area contributed by atoms with Gasteiger partial charge in [0, 0.05) is 28.4 Å². The van der Waals surface area contributed by atoms with Crippen molar-refractivity contribution < 1.29 is 9.53 Å². The highest BCUT2D eigenvalue weighted by Crippen LogP contribution is 2.26. The first kappa shape index (κ1) is 15.3. The smallest absolute Gasteiger partial charge is 0.251 e. The van der Waals surface area contributed by atoms with Crippen molar-refractivity contribution in [3.63, 3.8) is 0 Å². The molecular weight excluding hydrogens is 320 g/mol. The minimum Gasteiger partial charge on any atom is -0.398 e. The highest BCUT2D eigenvalue weighted by Gasteiger charge is 2.30. The summed E-state index contributed by atoms with van der Waals surface area (Å²) in [4.78, 5) is 12.4. The molecule has 2 rings (SSSR count). The third kappa shape index (κ3) is 3.52. The molecule has 0 aliphatic carbocycles. The van der Waals surface area contributed by atoms with Crippen molar-refractivity contribution in [3.8, 4) is 0 Å². The molecule has 5 heteroatoms. The summed E-state index contributed by atoms with van der Waals surface area (Å²) in [7, 11) is 0. The second kappa shape index (κ2) is 5.74. The van der Waals surface area contributed by atoms with E-state index in [-0.39, 0.29) is 17.6 Å². The minimum atomic E-state index is -0.179. The van der Waals surface area contributed by atoms with Crippen LogP contribution < -0.4 is 11.1 Å². The van der Waals surface area contributed by atoms with E-state index in [9.17, 15) is 4.79 Å². The summed E-state index contributed by atoms with van der Waals surface area (Å²) in [6, 6.07) is 3.76. The van der Waals surface area contributed by atoms with E-state index >= 15 is 0 Å². The molecule has 1 aliphatic rings. The molecule has 4 nitrogen and oxygen atoms in total. The Bertz CT molecular complexity index is 529. The molecule has 1 amide bonds. The van der Waals surface area contributed by atoms with Gasteiger partial charge >= 0.3 is 0 Å². The van der Waals surface area contributed by atoms with Gasteiger partial charge in [0.15, 0.2) is 0 Å². The van der Waals surface area contributed by atoms with E-state index in [4.69, 9.17) is 10.5 Å². The van der Waals surface area contributed by atoms with Crippen LogP contribution in [0.3, 0.4) is 0 Å². The number of amides is 1. The van der Waals surface area contributed by atoms with Crippen molar-refractivity contribution >= 4 is 27.5 Å². The number of hydrogen-bond acceptors (Lipinski definition) is 3. The van der Waals surface area contributed by atoms with E-state index in [2.05, 4.69) is 21.2 Å². The van der Waals surface area contributed by atoms with Gasteiger partial charge < -0.3 is 15.8 Å². The summed E-state index contributed by atoms with van der Waals surface area (Å²) < 4.78 is 6.48. The van der Waals surface area contributed by atoms with Crippen LogP contribution in [0.1, 0.15) is 42.6 Å². The number of benzene rings is 1. The Hall–Kier alpha value is -1.07. The molecule has 0 saturated carbocycles. The van der Waals surface area contributed by atoms with Crippen LogP contribution in [0.2, 0.25) is 0 Å². The van der Waals surface area contributed by atoms with Gasteiger partial charge in [-0.2, -0.15) is 0 Å². The molecule has 1 aromatic carbocycles. The normalized spacial score (nSPS) is 21.5. The maximum atomic E-state index is 12.4. The number of nitrogen functional groups attached to an aromatic ring is 1. The zero-order valence-corrected chi connectivity index (χ0v) is 13.7. The summed E-state index contributed by atoms with van der Waals surface area (Å²) in [6.07, 6.45) is 1.67. The monoisotopic (exact) mass is 340 g/mol. The van der Waals surface area contributed by atoms with Crippen LogP contribution in [0, 0.1) is 6.92 Å². The number of nitrogens with two attached hydrogens (primary N) is 1. The molecule has 0 spiro atoms. The zero-order chi connectivity index (χ0) is 14.9. The molecule has 1 fully saturated rings. The molecule has 1 heterocycles. The molecule has 1 unspecified atom stereocenters. The molecular formula is C15H21BrN2O2. The molecule has 20 heavy (non-hydrogen) atoms. The number of carbonyl (C=O) groups excluding carboxylic acids is 1. The van der Waals surface area contributed by atoms with Crippen LogP contribution in [0.5, 0.6) is 0 Å². The summed E-state index contributed by atoms with van der Waals surface area (Å²) >= 11 is 3.38. The van der Waals surface area contributed by atoms with E-state index < -0.39 is 0 Å². The van der Waals surface area contributed by atoms with Gasteiger partial charge in [-0.15, -0.1) is 0 Å². The van der Waals surface area contributed by atoms with Gasteiger partial charge in [0.1, 0.15) is 0 Å². The number of hydrogen-bond donors (Lipinski definition) is 2. The van der Waals surface area contributed by atoms with Crippen LogP contribution in [-0.2, 0) is 4.74 Å². The fourth-order valence-corrected chi connectivity index (χ4v) is 3.03. The van der Waals surface area contributed by atoms with E-state index in [1.807, 2.05) is 32.9 Å². The van der Waals surface area contributed by atoms with Gasteiger partial charge in [-0.1, -0.05) is 15.9 Å². The van der Waals surface area contributed by atoms with Crippen molar-refractivity contribution in [2.24, 2.45) is 0 Å². The third-order valence-corrected chi connectivity index (χ3v) is 4.15. The van der Waals surface area contributed by atoms with Crippen molar-refractivity contribution in [1.82, 2.24) is 5.32 Å². The van der Waals surface area contributed by atoms with Gasteiger partial charge in [0.25, 0.3) is 5.91 Å². The zero-order valence-electron chi connectivity index (χ0n) is 12.1. The largest absolute Gasteiger partial charge is 0.398 e. The first-order valence-corrected chi connectivity index (χ1v) is 7.58. The Morgan fingerprint density at radius 2 is 2.20 bits per heavy atom. The molecule has 1 aliphatic heterocycles. The maximum Gasteiger partial charge on any atom is 0.251 e. The topological polar surface area (TPSA) is 64.4 Å². The summed E-state index contributed by atoms with van der Waals surface area (Å²) in [6.45, 7) is 6.64. The fourth-order valence-electron chi connectivity index (χ4n) is 2.55. The number of rotatable bonds is 2. The summed E-state index contributed by atoms with van der Waals surface area (Å²) in [5.41, 5.74) is 7.79. The molecule has 1 atom stereocenters. The standard InChI is InChI=1S/C15H21BrN2O2/c1-9-12(6-10(16)7-13(9)17)14(19)18-11-4-5-20-15(2,3)8-11/h6-7,11H,4-5,8,17H2,1-3H3,(H,18,19). The first-order valence-electron chi connectivity index (χ1n) is 6.79. The lowest BCUT2D eigenvalue weighted by Gasteiger charge is -2.35. The molecule has 0 bridgehead atoms. The summed E-state index contributed by atoms with van der Waals surface area (Å²) in [5.74, 6) is -0.0711. The maximum absolute atomic E-state index is 12.4. The van der Waals surface area contributed by atoms with Gasteiger partial charge in [-0.05, 0) is 51.3 Å². The molecule has 3 N–H and O–H groups in total. The second-order valence-corrected chi connectivity index (χ2v) is 6.85. The van der Waals surface area contributed by atoms with Crippen LogP contribution in [0.15, 0.2) is 16.6 Å². The lowest BCUT2D eigenvalue weighted by molar-refractivity contribution is -0.0615. The highest BCUT2D eigenvalue weighted by molar-refractivity contribution is 9.10. The Morgan fingerprint density at radius 1 is 1.50 bits per heavy atom. The number of anilines is 1. The minimum absolute atomic E-state index is 0.0711. The van der Waals surface area contributed by atoms with Gasteiger partial charge in [-0.25, -0.2) is 0 Å². The second-order valence-electron chi connectivity index (χ2n) is 5.94. The van der Waals surface area contributed by atoms with Gasteiger partial charge in [0.2, 0.25) is 0 Å². The lowest BCUT2D eigenvalue weighted by Crippen LogP contribution is -2.45. The Morgan fingerprint density at radius 3 is 2.85 bits per heavy atom. The van der Waals surface area contributed by atoms with Crippen LogP contribution in [-0.4, -0.2) is 24.2 Å². The number of nitrogens with one attached hydrogen (secondary N) is 1. The average Bonchev–Trinajstić information content (AvgIpc) is 2.32. The fraction of sp³-hybridized carbons (Fsp3) is 0.533. The number of ether oxygens (including phenoxy) is 1. The first-order chi connectivity index (χ1) is 9.28. The highest BCUT2D eigenvalue weighted by atomic mass is 79.9. The van der Waals surface area contributed by atoms with Crippen molar-refractivity contribution in [1.29, 1.82) is 0 Å². The predicted molar refractivity (Wildman–Crippen MR) is 83.8 cm³/mol. The molecule has 1 saturated heterocycles. The molecule has 1 aromatic rings.